The van der Waals surface area contributed by atoms with E-state index in [1.54, 1.807) is 11.8 Å². The van der Waals surface area contributed by atoms with Crippen LogP contribution in [-0.2, 0) is 0 Å². The van der Waals surface area contributed by atoms with Crippen molar-refractivity contribution in [1.82, 2.24) is 0 Å². The van der Waals surface area contributed by atoms with Gasteiger partial charge in [-0.15, -0.1) is 11.8 Å². The minimum atomic E-state index is 0.338. The third kappa shape index (κ3) is 4.42. The third-order valence-corrected chi connectivity index (χ3v) is 2.19. The van der Waals surface area contributed by atoms with Gasteiger partial charge in [-0.2, -0.15) is 0 Å². The third-order valence-electron chi connectivity index (χ3n) is 1.27. The van der Waals surface area contributed by atoms with E-state index in [9.17, 15) is 0 Å². The van der Waals surface area contributed by atoms with Gasteiger partial charge in [0.05, 0.1) is 5.25 Å². The van der Waals surface area contributed by atoms with Crippen molar-refractivity contribution in [2.24, 2.45) is 0 Å². The molecule has 0 aliphatic carbocycles. The maximum absolute atomic E-state index is 6.87. The summed E-state index contributed by atoms with van der Waals surface area (Å²) in [6.07, 6.45) is 12.5. The molecule has 1 radical (unpaired) electrons. The molecule has 0 aromatic rings. The molecule has 0 rings (SSSR count). The minimum absolute atomic E-state index is 0.338. The van der Waals surface area contributed by atoms with Gasteiger partial charge in [-0.25, -0.2) is 0 Å². The van der Waals surface area contributed by atoms with E-state index in [2.05, 4.69) is 12.8 Å². The Labute approximate surface area is 62.4 Å². The highest BCUT2D eigenvalue weighted by Crippen LogP contribution is 2.12. The Hall–Kier alpha value is -0.0900. The van der Waals surface area contributed by atoms with E-state index in [4.69, 9.17) is 6.42 Å². The van der Waals surface area contributed by atoms with Crippen LogP contribution in [0.15, 0.2) is 0 Å². The van der Waals surface area contributed by atoms with E-state index >= 15 is 0 Å². The lowest BCUT2D eigenvalue weighted by atomic mass is 10.2. The van der Waals surface area contributed by atoms with Gasteiger partial charge in [-0.05, 0) is 19.1 Å². The van der Waals surface area contributed by atoms with Crippen molar-refractivity contribution in [3.05, 3.63) is 6.42 Å². The van der Waals surface area contributed by atoms with Crippen molar-refractivity contribution in [3.63, 3.8) is 0 Å². The summed E-state index contributed by atoms with van der Waals surface area (Å²) in [5.74, 6) is 2.50. The lowest BCUT2D eigenvalue weighted by molar-refractivity contribution is 0.746. The van der Waals surface area contributed by atoms with Crippen molar-refractivity contribution in [2.45, 2.75) is 31.4 Å². The van der Waals surface area contributed by atoms with Gasteiger partial charge in [-0.3, -0.25) is 0 Å². The molecule has 1 unspecified atom stereocenters. The Morgan fingerprint density at radius 1 is 1.67 bits per heavy atom. The molecule has 1 heteroatoms. The highest BCUT2D eigenvalue weighted by Gasteiger charge is 1.99. The molecule has 51 valence electrons. The standard InChI is InChI=1S/C8H13S/c1-4-6-7-8(5-2)9-3/h8H,4,6-7H2,1,3H3. The van der Waals surface area contributed by atoms with Gasteiger partial charge < -0.3 is 0 Å². The van der Waals surface area contributed by atoms with E-state index in [1.807, 2.05) is 6.26 Å². The molecule has 0 spiro atoms. The second-order valence-corrected chi connectivity index (χ2v) is 3.05. The van der Waals surface area contributed by atoms with Crippen LogP contribution in [-0.4, -0.2) is 11.5 Å². The van der Waals surface area contributed by atoms with E-state index < -0.39 is 0 Å². The first-order valence-electron chi connectivity index (χ1n) is 3.30. The Morgan fingerprint density at radius 2 is 2.33 bits per heavy atom. The van der Waals surface area contributed by atoms with Gasteiger partial charge in [0.25, 0.3) is 0 Å². The minimum Gasteiger partial charge on any atom is -0.149 e. The average molecular weight is 141 g/mol. The molecule has 0 saturated heterocycles. The molecule has 0 aliphatic rings. The maximum atomic E-state index is 6.87. The summed E-state index contributed by atoms with van der Waals surface area (Å²) in [7, 11) is 0. The summed E-state index contributed by atoms with van der Waals surface area (Å²) in [4.78, 5) is 0. The van der Waals surface area contributed by atoms with Gasteiger partial charge in [0, 0.05) is 0 Å². The Morgan fingerprint density at radius 3 is 2.67 bits per heavy atom. The molecule has 0 heterocycles. The number of thioether (sulfide) groups is 1. The molecule has 0 aromatic heterocycles. The van der Waals surface area contributed by atoms with Gasteiger partial charge in [0.1, 0.15) is 0 Å². The predicted octanol–water partition coefficient (Wildman–Crippen LogP) is 2.50. The first-order valence-corrected chi connectivity index (χ1v) is 4.59. The fourth-order valence-electron chi connectivity index (χ4n) is 0.638. The number of unbranched alkanes of at least 4 members (excludes halogenated alkanes) is 1. The normalized spacial score (nSPS) is 12.6. The largest absolute Gasteiger partial charge is 0.149 e. The molecule has 0 N–H and O–H groups in total. The molecule has 0 aliphatic heterocycles. The summed E-state index contributed by atoms with van der Waals surface area (Å²) < 4.78 is 0. The molecule has 0 fully saturated rings. The molecule has 0 amide bonds. The van der Waals surface area contributed by atoms with Crippen molar-refractivity contribution in [1.29, 1.82) is 0 Å². The summed E-state index contributed by atoms with van der Waals surface area (Å²) in [6, 6.07) is 0. The van der Waals surface area contributed by atoms with E-state index in [-0.39, 0.29) is 0 Å². The molecule has 1 atom stereocenters. The van der Waals surface area contributed by atoms with Crippen LogP contribution in [0.3, 0.4) is 0 Å². The summed E-state index contributed by atoms with van der Waals surface area (Å²) in [5, 5.41) is 0.338. The van der Waals surface area contributed by atoms with Gasteiger partial charge in [-0.1, -0.05) is 25.7 Å². The topological polar surface area (TPSA) is 0 Å². The number of hydrogen-bond acceptors (Lipinski definition) is 1. The van der Waals surface area contributed by atoms with Crippen molar-refractivity contribution >= 4 is 11.8 Å². The second kappa shape index (κ2) is 6.04. The Balaban J connectivity index is 3.23. The van der Waals surface area contributed by atoms with Crippen LogP contribution in [0.2, 0.25) is 0 Å². The Bertz CT molecular complexity index is 91.2. The number of rotatable bonds is 4. The first-order chi connectivity index (χ1) is 4.35. The summed E-state index contributed by atoms with van der Waals surface area (Å²) in [5.41, 5.74) is 0. The fourth-order valence-corrected chi connectivity index (χ4v) is 1.16. The van der Waals surface area contributed by atoms with Gasteiger partial charge >= 0.3 is 0 Å². The molecule has 0 nitrogen and oxygen atoms in total. The van der Waals surface area contributed by atoms with Crippen LogP contribution < -0.4 is 0 Å². The fraction of sp³-hybridized carbons (Fsp3) is 0.750. The van der Waals surface area contributed by atoms with Crippen LogP contribution in [0.1, 0.15) is 26.2 Å². The zero-order valence-corrected chi connectivity index (χ0v) is 6.92. The van der Waals surface area contributed by atoms with E-state index in [0.29, 0.717) is 5.25 Å². The molecular weight excluding hydrogens is 128 g/mol. The summed E-state index contributed by atoms with van der Waals surface area (Å²) >= 11 is 1.71. The lowest BCUT2D eigenvalue weighted by Crippen LogP contribution is -1.95. The number of hydrogen-bond donors (Lipinski definition) is 0. The monoisotopic (exact) mass is 141 g/mol. The highest BCUT2D eigenvalue weighted by atomic mass is 32.2. The molecular formula is C8H13S. The van der Waals surface area contributed by atoms with Crippen molar-refractivity contribution in [2.75, 3.05) is 6.26 Å². The quantitative estimate of drug-likeness (QED) is 0.542. The van der Waals surface area contributed by atoms with Crippen molar-refractivity contribution in [3.8, 4) is 5.92 Å². The second-order valence-electron chi connectivity index (χ2n) is 2.01. The zero-order valence-electron chi connectivity index (χ0n) is 6.11. The van der Waals surface area contributed by atoms with Gasteiger partial charge in [0.15, 0.2) is 0 Å². The van der Waals surface area contributed by atoms with E-state index in [1.165, 1.54) is 12.8 Å². The van der Waals surface area contributed by atoms with Gasteiger partial charge in [0.2, 0.25) is 0 Å². The average Bonchev–Trinajstić information content (AvgIpc) is 1.91. The van der Waals surface area contributed by atoms with Crippen molar-refractivity contribution < 1.29 is 0 Å². The van der Waals surface area contributed by atoms with Crippen LogP contribution >= 0.6 is 11.8 Å². The first kappa shape index (κ1) is 8.91. The zero-order chi connectivity index (χ0) is 7.11. The van der Waals surface area contributed by atoms with Crippen LogP contribution in [0.5, 0.6) is 0 Å². The SMILES string of the molecule is [C]#CC(CCCC)SC. The van der Waals surface area contributed by atoms with Crippen LogP contribution in [0.4, 0.5) is 0 Å². The molecule has 0 bridgehead atoms. The Kier molecular flexibility index (Phi) is 5.98. The summed E-state index contributed by atoms with van der Waals surface area (Å²) in [6.45, 7) is 2.17. The highest BCUT2D eigenvalue weighted by molar-refractivity contribution is 7.99. The maximum Gasteiger partial charge on any atom is 0.0664 e. The van der Waals surface area contributed by atoms with E-state index in [0.717, 1.165) is 6.42 Å². The lowest BCUT2D eigenvalue weighted by Gasteiger charge is -2.03. The molecule has 0 saturated carbocycles. The molecule has 0 aromatic carbocycles. The van der Waals surface area contributed by atoms with Crippen LogP contribution in [0.25, 0.3) is 0 Å². The smallest absolute Gasteiger partial charge is 0.0664 e. The predicted molar refractivity (Wildman–Crippen MR) is 44.0 cm³/mol. The van der Waals surface area contributed by atoms with Crippen LogP contribution in [0, 0.1) is 12.3 Å². The molecule has 9 heavy (non-hydrogen) atoms.